The number of hydrogen-bond donors (Lipinski definition) is 2. The first-order valence-corrected chi connectivity index (χ1v) is 13.6. The Kier molecular flexibility index (Phi) is 12.6. The van der Waals surface area contributed by atoms with Gasteiger partial charge in [0.25, 0.3) is 0 Å². The molecule has 39 heavy (non-hydrogen) atoms. The molecule has 0 amide bonds. The van der Waals surface area contributed by atoms with E-state index < -0.39 is 11.9 Å². The summed E-state index contributed by atoms with van der Waals surface area (Å²) < 4.78 is 11.6. The maximum Gasteiger partial charge on any atom is 0.335 e. The minimum absolute atomic E-state index is 0.180. The number of carboxylic acid groups (broad SMARTS) is 2. The predicted octanol–water partition coefficient (Wildman–Crippen LogP) is 7.23. The Morgan fingerprint density at radius 1 is 0.718 bits per heavy atom. The molecule has 3 aromatic carbocycles. The van der Waals surface area contributed by atoms with Crippen molar-refractivity contribution in [2.24, 2.45) is 5.92 Å². The van der Waals surface area contributed by atoms with Crippen molar-refractivity contribution in [3.8, 4) is 11.5 Å². The van der Waals surface area contributed by atoms with E-state index in [2.05, 4.69) is 24.3 Å². The fourth-order valence-electron chi connectivity index (χ4n) is 4.25. The Morgan fingerprint density at radius 2 is 1.33 bits per heavy atom. The number of aromatic carboxylic acids is 1. The minimum atomic E-state index is -0.934. The molecule has 3 aromatic rings. The van der Waals surface area contributed by atoms with Crippen LogP contribution in [-0.4, -0.2) is 35.4 Å². The maximum atomic E-state index is 11.1. The second-order valence-electron chi connectivity index (χ2n) is 9.60. The summed E-state index contributed by atoms with van der Waals surface area (Å²) in [5.41, 5.74) is 2.53. The third kappa shape index (κ3) is 11.9. The number of ether oxygens (including phenoxy) is 2. The highest BCUT2D eigenvalue weighted by molar-refractivity contribution is 5.87. The van der Waals surface area contributed by atoms with Crippen molar-refractivity contribution < 1.29 is 29.3 Å². The van der Waals surface area contributed by atoms with Gasteiger partial charge in [0.05, 0.1) is 18.8 Å². The van der Waals surface area contributed by atoms with Gasteiger partial charge in [-0.25, -0.2) is 4.79 Å². The van der Waals surface area contributed by atoms with Crippen LogP contribution in [0.15, 0.2) is 91.0 Å². The second kappa shape index (κ2) is 16.7. The van der Waals surface area contributed by atoms with Gasteiger partial charge in [0.15, 0.2) is 0 Å². The molecule has 2 N–H and O–H groups in total. The van der Waals surface area contributed by atoms with Crippen LogP contribution in [0.4, 0.5) is 0 Å². The third-order valence-electron chi connectivity index (χ3n) is 6.42. The molecule has 0 aliphatic heterocycles. The zero-order valence-electron chi connectivity index (χ0n) is 22.3. The second-order valence-corrected chi connectivity index (χ2v) is 9.60. The Hall–Kier alpha value is -4.06. The van der Waals surface area contributed by atoms with Gasteiger partial charge in [-0.2, -0.15) is 0 Å². The first-order valence-electron chi connectivity index (χ1n) is 13.6. The van der Waals surface area contributed by atoms with Crippen LogP contribution in [-0.2, 0) is 17.6 Å². The molecule has 6 heteroatoms. The van der Waals surface area contributed by atoms with Crippen LogP contribution < -0.4 is 9.47 Å². The summed E-state index contributed by atoms with van der Waals surface area (Å²) >= 11 is 0. The molecule has 0 fully saturated rings. The molecule has 0 spiro atoms. The quantitative estimate of drug-likeness (QED) is 0.133. The normalized spacial score (nSPS) is 11.8. The van der Waals surface area contributed by atoms with Crippen LogP contribution >= 0.6 is 0 Å². The molecule has 0 radical (unpaired) electrons. The van der Waals surface area contributed by atoms with Crippen molar-refractivity contribution in [3.05, 3.63) is 108 Å². The van der Waals surface area contributed by atoms with E-state index in [-0.39, 0.29) is 17.9 Å². The largest absolute Gasteiger partial charge is 0.494 e. The van der Waals surface area contributed by atoms with Crippen LogP contribution in [0.3, 0.4) is 0 Å². The van der Waals surface area contributed by atoms with E-state index in [1.54, 1.807) is 12.1 Å². The van der Waals surface area contributed by atoms with Crippen molar-refractivity contribution in [3.63, 3.8) is 0 Å². The molecule has 0 bridgehead atoms. The van der Waals surface area contributed by atoms with Gasteiger partial charge in [0.1, 0.15) is 11.5 Å². The molecule has 1 unspecified atom stereocenters. The summed E-state index contributed by atoms with van der Waals surface area (Å²) in [7, 11) is 0. The van der Waals surface area contributed by atoms with Crippen molar-refractivity contribution >= 4 is 11.9 Å². The first-order chi connectivity index (χ1) is 19.0. The van der Waals surface area contributed by atoms with E-state index in [0.717, 1.165) is 55.6 Å². The van der Waals surface area contributed by atoms with Gasteiger partial charge in [-0.05, 0) is 92.0 Å². The average Bonchev–Trinajstić information content (AvgIpc) is 2.94. The minimum Gasteiger partial charge on any atom is -0.494 e. The monoisotopic (exact) mass is 530 g/mol. The SMILES string of the molecule is O=C(O)CCCCC(C=CCc1ccc(OCCCCOc2ccccc2)cc1)Cc1ccc(C(=O)O)cc1. The van der Waals surface area contributed by atoms with E-state index in [1.165, 1.54) is 5.56 Å². The molecular weight excluding hydrogens is 492 g/mol. The Bertz CT molecular complexity index is 1150. The number of carbonyl (C=O) groups is 2. The maximum absolute atomic E-state index is 11.1. The summed E-state index contributed by atoms with van der Waals surface area (Å²) in [6.07, 6.45) is 10.3. The molecule has 206 valence electrons. The van der Waals surface area contributed by atoms with Gasteiger partial charge < -0.3 is 19.7 Å². The highest BCUT2D eigenvalue weighted by Crippen LogP contribution is 2.20. The lowest BCUT2D eigenvalue weighted by molar-refractivity contribution is -0.137. The molecule has 1 atom stereocenters. The van der Waals surface area contributed by atoms with Crippen molar-refractivity contribution in [1.29, 1.82) is 0 Å². The fraction of sp³-hybridized carbons (Fsp3) is 0.333. The van der Waals surface area contributed by atoms with Crippen molar-refractivity contribution in [1.82, 2.24) is 0 Å². The van der Waals surface area contributed by atoms with Gasteiger partial charge in [0, 0.05) is 6.42 Å². The molecule has 0 heterocycles. The summed E-state index contributed by atoms with van der Waals surface area (Å²) in [4.78, 5) is 22.0. The van der Waals surface area contributed by atoms with E-state index in [0.29, 0.717) is 19.6 Å². The number of allylic oxidation sites excluding steroid dienone is 2. The smallest absolute Gasteiger partial charge is 0.335 e. The van der Waals surface area contributed by atoms with Gasteiger partial charge in [0.2, 0.25) is 0 Å². The lowest BCUT2D eigenvalue weighted by Crippen LogP contribution is -2.04. The highest BCUT2D eigenvalue weighted by Gasteiger charge is 2.09. The molecule has 3 rings (SSSR count). The van der Waals surface area contributed by atoms with E-state index in [1.807, 2.05) is 54.6 Å². The molecular formula is C33H38O6. The molecule has 0 saturated heterocycles. The third-order valence-corrected chi connectivity index (χ3v) is 6.42. The zero-order valence-corrected chi connectivity index (χ0v) is 22.3. The molecule has 0 aromatic heterocycles. The Balaban J connectivity index is 1.42. The lowest BCUT2D eigenvalue weighted by Gasteiger charge is -2.13. The van der Waals surface area contributed by atoms with Gasteiger partial charge in [-0.1, -0.05) is 61.0 Å². The standard InChI is InChI=1S/C33H38O6/c34-32(35)14-5-4-9-27(25-28-15-19-29(20-16-28)33(36)37)11-8-10-26-17-21-31(22-18-26)39-24-7-6-23-38-30-12-2-1-3-13-30/h1-3,8,11-13,15-22,27H,4-7,9-10,14,23-25H2,(H,34,35)(H,36,37). The topological polar surface area (TPSA) is 93.1 Å². The molecule has 0 saturated carbocycles. The average molecular weight is 531 g/mol. The number of benzene rings is 3. The van der Waals surface area contributed by atoms with E-state index in [4.69, 9.17) is 19.7 Å². The van der Waals surface area contributed by atoms with Gasteiger partial charge in [-0.3, -0.25) is 4.79 Å². The summed E-state index contributed by atoms with van der Waals surface area (Å²) in [5.74, 6) is 0.296. The summed E-state index contributed by atoms with van der Waals surface area (Å²) in [5, 5.41) is 18.0. The van der Waals surface area contributed by atoms with Crippen LogP contribution in [0.1, 0.15) is 60.0 Å². The van der Waals surface area contributed by atoms with Crippen molar-refractivity contribution in [2.45, 2.75) is 51.4 Å². The number of rotatable bonds is 18. The van der Waals surface area contributed by atoms with Crippen LogP contribution in [0, 0.1) is 5.92 Å². The van der Waals surface area contributed by atoms with Gasteiger partial charge in [-0.15, -0.1) is 0 Å². The van der Waals surface area contributed by atoms with Crippen LogP contribution in [0.2, 0.25) is 0 Å². The van der Waals surface area contributed by atoms with Crippen LogP contribution in [0.25, 0.3) is 0 Å². The summed E-state index contributed by atoms with van der Waals surface area (Å²) in [6, 6.07) is 24.9. The number of carboxylic acids is 2. The number of aliphatic carboxylic acids is 1. The van der Waals surface area contributed by atoms with E-state index >= 15 is 0 Å². The van der Waals surface area contributed by atoms with Crippen molar-refractivity contribution in [2.75, 3.05) is 13.2 Å². The Labute approximate surface area is 230 Å². The number of unbranched alkanes of at least 4 members (excludes halogenated alkanes) is 2. The Morgan fingerprint density at radius 3 is 1.95 bits per heavy atom. The summed E-state index contributed by atoms with van der Waals surface area (Å²) in [6.45, 7) is 1.32. The molecule has 0 aliphatic rings. The predicted molar refractivity (Wildman–Crippen MR) is 153 cm³/mol. The van der Waals surface area contributed by atoms with E-state index in [9.17, 15) is 9.59 Å². The lowest BCUT2D eigenvalue weighted by atomic mass is 9.92. The number of para-hydroxylation sites is 1. The van der Waals surface area contributed by atoms with Crippen LogP contribution in [0.5, 0.6) is 11.5 Å². The fourth-order valence-corrected chi connectivity index (χ4v) is 4.25. The molecule has 6 nitrogen and oxygen atoms in total. The zero-order chi connectivity index (χ0) is 27.7. The molecule has 0 aliphatic carbocycles. The number of hydrogen-bond acceptors (Lipinski definition) is 4. The van der Waals surface area contributed by atoms with Gasteiger partial charge >= 0.3 is 11.9 Å². The first kappa shape index (κ1) is 29.5. The highest BCUT2D eigenvalue weighted by atomic mass is 16.5.